The summed E-state index contributed by atoms with van der Waals surface area (Å²) in [4.78, 5) is 11.2. The van der Waals surface area contributed by atoms with Crippen molar-refractivity contribution in [3.05, 3.63) is 42.5 Å². The molecule has 17 heavy (non-hydrogen) atoms. The Balaban J connectivity index is 2.33. The van der Waals surface area contributed by atoms with Gasteiger partial charge in [0.1, 0.15) is 6.04 Å². The Morgan fingerprint density at radius 2 is 1.88 bits per heavy atom. The predicted octanol–water partition coefficient (Wildman–Crippen LogP) is 2.15. The Bertz CT molecular complexity index is 534. The van der Waals surface area contributed by atoms with Crippen LogP contribution in [0.15, 0.2) is 42.5 Å². The quantitative estimate of drug-likeness (QED) is 0.559. The van der Waals surface area contributed by atoms with E-state index in [2.05, 4.69) is 5.32 Å². The molecule has 0 saturated carbocycles. The highest BCUT2D eigenvalue weighted by atomic mass is 16.5. The number of benzene rings is 2. The maximum Gasteiger partial charge on any atom is 0.265 e. The zero-order valence-electron chi connectivity index (χ0n) is 9.47. The molecule has 0 aliphatic rings. The molecule has 88 valence electrons. The van der Waals surface area contributed by atoms with E-state index in [9.17, 15) is 4.79 Å². The van der Waals surface area contributed by atoms with Gasteiger partial charge in [0.05, 0.1) is 0 Å². The average Bonchev–Trinajstić information content (AvgIpc) is 2.38. The first-order valence-electron chi connectivity index (χ1n) is 5.40. The molecule has 0 aromatic heterocycles. The molecule has 4 heteroatoms. The summed E-state index contributed by atoms with van der Waals surface area (Å²) in [6, 6.07) is 13.3. The maximum atomic E-state index is 11.2. The minimum Gasteiger partial charge on any atom is -0.373 e. The van der Waals surface area contributed by atoms with Crippen LogP contribution in [0.1, 0.15) is 6.92 Å². The molecule has 2 rings (SSSR count). The third kappa shape index (κ3) is 2.37. The van der Waals surface area contributed by atoms with E-state index in [0.29, 0.717) is 0 Å². The lowest BCUT2D eigenvalue weighted by Crippen LogP contribution is -2.35. The molecule has 3 N–H and O–H groups in total. The summed E-state index contributed by atoms with van der Waals surface area (Å²) < 4.78 is 0. The second kappa shape index (κ2) is 4.84. The lowest BCUT2D eigenvalue weighted by Gasteiger charge is -2.14. The number of hydrogen-bond acceptors (Lipinski definition) is 3. The van der Waals surface area contributed by atoms with E-state index in [4.69, 9.17) is 5.21 Å². The van der Waals surface area contributed by atoms with Crippen LogP contribution >= 0.6 is 0 Å². The van der Waals surface area contributed by atoms with Gasteiger partial charge >= 0.3 is 0 Å². The number of nitrogens with one attached hydrogen (secondary N) is 2. The molecule has 0 heterocycles. The lowest BCUT2D eigenvalue weighted by atomic mass is 10.1. The van der Waals surface area contributed by atoms with Gasteiger partial charge in [-0.25, -0.2) is 5.48 Å². The molecular weight excluding hydrogens is 216 g/mol. The van der Waals surface area contributed by atoms with Crippen LogP contribution in [0, 0.1) is 0 Å². The third-order valence-electron chi connectivity index (χ3n) is 2.67. The molecule has 0 radical (unpaired) electrons. The van der Waals surface area contributed by atoms with E-state index >= 15 is 0 Å². The van der Waals surface area contributed by atoms with Crippen LogP contribution in [-0.2, 0) is 4.79 Å². The van der Waals surface area contributed by atoms with Crippen molar-refractivity contribution in [3.8, 4) is 0 Å². The summed E-state index contributed by atoms with van der Waals surface area (Å²) >= 11 is 0. The van der Waals surface area contributed by atoms with Gasteiger partial charge in [-0.1, -0.05) is 36.4 Å². The molecule has 0 bridgehead atoms. The number of amides is 1. The molecule has 0 aliphatic heterocycles. The maximum absolute atomic E-state index is 11.2. The van der Waals surface area contributed by atoms with Crippen LogP contribution < -0.4 is 10.8 Å². The van der Waals surface area contributed by atoms with E-state index in [0.717, 1.165) is 16.5 Å². The SMILES string of the molecule is C[C@H](Nc1cccc2ccccc12)C(=O)NO. The van der Waals surface area contributed by atoms with Gasteiger partial charge in [-0.05, 0) is 18.4 Å². The van der Waals surface area contributed by atoms with E-state index in [-0.39, 0.29) is 0 Å². The first kappa shape index (κ1) is 11.4. The van der Waals surface area contributed by atoms with Gasteiger partial charge < -0.3 is 5.32 Å². The van der Waals surface area contributed by atoms with Gasteiger partial charge in [0, 0.05) is 11.1 Å². The Labute approximate surface area is 99.2 Å². The van der Waals surface area contributed by atoms with E-state index in [1.807, 2.05) is 42.5 Å². The molecule has 2 aromatic rings. The number of fused-ring (bicyclic) bond motifs is 1. The number of carbonyl (C=O) groups excluding carboxylic acids is 1. The molecule has 2 aromatic carbocycles. The van der Waals surface area contributed by atoms with Gasteiger partial charge in [-0.15, -0.1) is 0 Å². The van der Waals surface area contributed by atoms with Crippen LogP contribution in [-0.4, -0.2) is 17.2 Å². The van der Waals surface area contributed by atoms with Crippen molar-refractivity contribution in [1.82, 2.24) is 5.48 Å². The van der Waals surface area contributed by atoms with Crippen molar-refractivity contribution < 1.29 is 10.0 Å². The Morgan fingerprint density at radius 1 is 1.18 bits per heavy atom. The first-order valence-corrected chi connectivity index (χ1v) is 5.40. The summed E-state index contributed by atoms with van der Waals surface area (Å²) in [6.45, 7) is 1.69. The van der Waals surface area contributed by atoms with Crippen molar-refractivity contribution in [1.29, 1.82) is 0 Å². The minimum absolute atomic E-state index is 0.460. The molecule has 0 spiro atoms. The summed E-state index contributed by atoms with van der Waals surface area (Å²) in [6.07, 6.45) is 0. The molecule has 0 saturated heterocycles. The fraction of sp³-hybridized carbons (Fsp3) is 0.154. The highest BCUT2D eigenvalue weighted by Crippen LogP contribution is 2.23. The van der Waals surface area contributed by atoms with Gasteiger partial charge in [0.25, 0.3) is 5.91 Å². The average molecular weight is 230 g/mol. The standard InChI is InChI=1S/C13H14N2O2/c1-9(13(16)15-17)14-12-8-4-6-10-5-2-3-7-11(10)12/h2-9,14,17H,1H3,(H,15,16)/t9-/m0/s1. The predicted molar refractivity (Wildman–Crippen MR) is 67.0 cm³/mol. The van der Waals surface area contributed by atoms with E-state index in [1.54, 1.807) is 12.4 Å². The number of anilines is 1. The molecule has 0 unspecified atom stereocenters. The Morgan fingerprint density at radius 3 is 2.65 bits per heavy atom. The van der Waals surface area contributed by atoms with Crippen molar-refractivity contribution in [2.75, 3.05) is 5.32 Å². The second-order valence-electron chi connectivity index (χ2n) is 3.87. The normalized spacial score (nSPS) is 12.1. The van der Waals surface area contributed by atoms with E-state index < -0.39 is 11.9 Å². The van der Waals surface area contributed by atoms with Crippen LogP contribution in [0.2, 0.25) is 0 Å². The number of hydroxylamine groups is 1. The summed E-state index contributed by atoms with van der Waals surface area (Å²) in [5.74, 6) is -0.460. The van der Waals surface area contributed by atoms with Crippen LogP contribution in [0.5, 0.6) is 0 Å². The Kier molecular flexibility index (Phi) is 3.25. The van der Waals surface area contributed by atoms with Gasteiger partial charge in [0.2, 0.25) is 0 Å². The number of hydrogen-bond donors (Lipinski definition) is 3. The van der Waals surface area contributed by atoms with Gasteiger partial charge in [-0.2, -0.15) is 0 Å². The molecular formula is C13H14N2O2. The van der Waals surface area contributed by atoms with Crippen molar-refractivity contribution in [2.24, 2.45) is 0 Å². The Hall–Kier alpha value is -2.07. The van der Waals surface area contributed by atoms with Crippen molar-refractivity contribution >= 4 is 22.4 Å². The molecule has 1 atom stereocenters. The summed E-state index contributed by atoms with van der Waals surface area (Å²) in [5.41, 5.74) is 2.51. The minimum atomic E-state index is -0.495. The van der Waals surface area contributed by atoms with Crippen LogP contribution in [0.3, 0.4) is 0 Å². The van der Waals surface area contributed by atoms with Crippen LogP contribution in [0.4, 0.5) is 5.69 Å². The fourth-order valence-corrected chi connectivity index (χ4v) is 1.75. The summed E-state index contributed by atoms with van der Waals surface area (Å²) in [7, 11) is 0. The molecule has 1 amide bonds. The summed E-state index contributed by atoms with van der Waals surface area (Å²) in [5, 5.41) is 13.8. The zero-order chi connectivity index (χ0) is 12.3. The lowest BCUT2D eigenvalue weighted by molar-refractivity contribution is -0.129. The molecule has 4 nitrogen and oxygen atoms in total. The van der Waals surface area contributed by atoms with Crippen molar-refractivity contribution in [2.45, 2.75) is 13.0 Å². The number of carbonyl (C=O) groups is 1. The highest BCUT2D eigenvalue weighted by molar-refractivity contribution is 5.95. The van der Waals surface area contributed by atoms with Crippen LogP contribution in [0.25, 0.3) is 10.8 Å². The topological polar surface area (TPSA) is 61.4 Å². The monoisotopic (exact) mass is 230 g/mol. The van der Waals surface area contributed by atoms with Crippen molar-refractivity contribution in [3.63, 3.8) is 0 Å². The fourth-order valence-electron chi connectivity index (χ4n) is 1.75. The number of rotatable bonds is 3. The smallest absolute Gasteiger partial charge is 0.265 e. The molecule has 0 fully saturated rings. The highest BCUT2D eigenvalue weighted by Gasteiger charge is 2.12. The first-order chi connectivity index (χ1) is 8.22. The zero-order valence-corrected chi connectivity index (χ0v) is 9.47. The van der Waals surface area contributed by atoms with Gasteiger partial charge in [-0.3, -0.25) is 10.0 Å². The second-order valence-corrected chi connectivity index (χ2v) is 3.87. The largest absolute Gasteiger partial charge is 0.373 e. The molecule has 0 aliphatic carbocycles. The third-order valence-corrected chi connectivity index (χ3v) is 2.67. The van der Waals surface area contributed by atoms with Gasteiger partial charge in [0.15, 0.2) is 0 Å². The van der Waals surface area contributed by atoms with E-state index in [1.165, 1.54) is 0 Å².